The highest BCUT2D eigenvalue weighted by molar-refractivity contribution is 6.18. The van der Waals surface area contributed by atoms with Gasteiger partial charge in [-0.3, -0.25) is 0 Å². The lowest BCUT2D eigenvalue weighted by atomic mass is 9.98. The Balaban J connectivity index is 1.03. The Morgan fingerprint density at radius 3 is 1.64 bits per heavy atom. The first-order valence-corrected chi connectivity index (χ1v) is 20.2. The number of rotatable bonds is 6. The van der Waals surface area contributed by atoms with Crippen LogP contribution in [0, 0.1) is 0 Å². The lowest BCUT2D eigenvalue weighted by Gasteiger charge is -2.28. The first kappa shape index (κ1) is 33.3. The monoisotopic (exact) mass is 752 g/mol. The van der Waals surface area contributed by atoms with Crippen LogP contribution in [0.15, 0.2) is 223 Å². The normalized spacial score (nSPS) is 11.7. The van der Waals surface area contributed by atoms with E-state index in [9.17, 15) is 0 Å². The molecular formula is C56H36N2O. The van der Waals surface area contributed by atoms with Gasteiger partial charge in [0.25, 0.3) is 0 Å². The summed E-state index contributed by atoms with van der Waals surface area (Å²) >= 11 is 0. The predicted octanol–water partition coefficient (Wildman–Crippen LogP) is 15.8. The zero-order chi connectivity index (χ0) is 38.9. The Morgan fingerprint density at radius 2 is 0.881 bits per heavy atom. The molecule has 0 spiro atoms. The number of fused-ring (bicyclic) bond motifs is 9. The van der Waals surface area contributed by atoms with E-state index in [1.807, 2.05) is 0 Å². The molecule has 0 N–H and O–H groups in total. The molecule has 0 aliphatic heterocycles. The molecule has 0 aliphatic carbocycles. The van der Waals surface area contributed by atoms with Crippen LogP contribution >= 0.6 is 0 Å². The van der Waals surface area contributed by atoms with Crippen LogP contribution in [-0.4, -0.2) is 4.57 Å². The second-order valence-corrected chi connectivity index (χ2v) is 15.3. The summed E-state index contributed by atoms with van der Waals surface area (Å²) in [4.78, 5) is 2.38. The highest BCUT2D eigenvalue weighted by Gasteiger charge is 2.21. The molecule has 0 radical (unpaired) electrons. The minimum atomic E-state index is 0.889. The molecule has 3 nitrogen and oxygen atoms in total. The molecule has 2 heterocycles. The third-order valence-electron chi connectivity index (χ3n) is 12.0. The summed E-state index contributed by atoms with van der Waals surface area (Å²) < 4.78 is 9.27. The van der Waals surface area contributed by atoms with Crippen molar-refractivity contribution in [3.05, 3.63) is 218 Å². The van der Waals surface area contributed by atoms with E-state index < -0.39 is 0 Å². The van der Waals surface area contributed by atoms with Gasteiger partial charge in [0.1, 0.15) is 11.2 Å². The summed E-state index contributed by atoms with van der Waals surface area (Å²) in [5.41, 5.74) is 13.0. The van der Waals surface area contributed by atoms with E-state index in [-0.39, 0.29) is 0 Å². The van der Waals surface area contributed by atoms with Crippen molar-refractivity contribution >= 4 is 82.4 Å². The Hall–Kier alpha value is -7.88. The van der Waals surface area contributed by atoms with Crippen molar-refractivity contribution in [1.29, 1.82) is 0 Å². The maximum Gasteiger partial charge on any atom is 0.143 e. The molecule has 0 unspecified atom stereocenters. The van der Waals surface area contributed by atoms with Gasteiger partial charge >= 0.3 is 0 Å². The van der Waals surface area contributed by atoms with Crippen molar-refractivity contribution in [3.63, 3.8) is 0 Å². The second-order valence-electron chi connectivity index (χ2n) is 15.3. The van der Waals surface area contributed by atoms with E-state index in [1.165, 1.54) is 49.1 Å². The summed E-state index contributed by atoms with van der Waals surface area (Å²) in [6, 6.07) is 78.7. The maximum atomic E-state index is 6.90. The zero-order valence-electron chi connectivity index (χ0n) is 32.1. The van der Waals surface area contributed by atoms with E-state index in [0.717, 1.165) is 61.2 Å². The quantitative estimate of drug-likeness (QED) is 0.169. The van der Waals surface area contributed by atoms with E-state index in [0.29, 0.717) is 0 Å². The van der Waals surface area contributed by atoms with Crippen LogP contribution in [0.2, 0.25) is 0 Å². The van der Waals surface area contributed by atoms with E-state index in [1.54, 1.807) is 0 Å². The highest BCUT2D eigenvalue weighted by atomic mass is 16.3. The number of nitrogens with zero attached hydrogens (tertiary/aromatic N) is 2. The summed E-state index contributed by atoms with van der Waals surface area (Å²) in [5, 5.41) is 9.51. The van der Waals surface area contributed by atoms with Crippen LogP contribution in [0.25, 0.3) is 93.2 Å². The van der Waals surface area contributed by atoms with Gasteiger partial charge in [0.2, 0.25) is 0 Å². The number of benzene rings is 10. The van der Waals surface area contributed by atoms with Gasteiger partial charge in [0, 0.05) is 55.1 Å². The van der Waals surface area contributed by atoms with Crippen molar-refractivity contribution in [2.45, 2.75) is 0 Å². The van der Waals surface area contributed by atoms with Gasteiger partial charge in [-0.05, 0) is 94.0 Å². The average Bonchev–Trinajstić information content (AvgIpc) is 3.86. The fraction of sp³-hybridized carbons (Fsp3) is 0. The third-order valence-corrected chi connectivity index (χ3v) is 12.0. The molecule has 0 amide bonds. The molecule has 0 saturated heterocycles. The van der Waals surface area contributed by atoms with Crippen LogP contribution in [0.3, 0.4) is 0 Å². The lowest BCUT2D eigenvalue weighted by Crippen LogP contribution is -2.11. The molecule has 12 rings (SSSR count). The Labute approximate surface area is 341 Å². The SMILES string of the molecule is c1ccc(N(c2ccc(-c3ccc4ccccc4c3)cc2)c2ccc(-n3c4ccccc4c4ccccc43)cc2)c(-c2cccc3c2oc2c4ccccc4ccc32)c1. The molecule has 0 bridgehead atoms. The van der Waals surface area contributed by atoms with Crippen LogP contribution in [0.5, 0.6) is 0 Å². The highest BCUT2D eigenvalue weighted by Crippen LogP contribution is 2.45. The topological polar surface area (TPSA) is 21.3 Å². The van der Waals surface area contributed by atoms with Crippen molar-refractivity contribution in [1.82, 2.24) is 4.57 Å². The molecule has 0 saturated carbocycles. The molecule has 10 aromatic carbocycles. The summed E-state index contributed by atoms with van der Waals surface area (Å²) in [6.07, 6.45) is 0. The standard InChI is InChI=1S/C56H36N2O/c1-2-14-40-36-41(25-24-37(40)12-1)38-26-29-42(30-27-38)57(43-31-33-44(34-32-43)58-53-22-9-5-16-46(53)47-17-6-10-23-54(47)58)52-21-8-7-18-48(52)49-19-11-20-50-51-35-28-39-13-3-4-15-45(39)55(51)59-56(49)50/h1-36H. The smallest absolute Gasteiger partial charge is 0.143 e. The molecule has 0 atom stereocenters. The van der Waals surface area contributed by atoms with Gasteiger partial charge in [-0.15, -0.1) is 0 Å². The van der Waals surface area contributed by atoms with Gasteiger partial charge in [0.05, 0.1) is 16.7 Å². The van der Waals surface area contributed by atoms with Crippen LogP contribution in [-0.2, 0) is 0 Å². The van der Waals surface area contributed by atoms with E-state index in [4.69, 9.17) is 4.42 Å². The summed E-state index contributed by atoms with van der Waals surface area (Å²) in [5.74, 6) is 0. The zero-order valence-corrected chi connectivity index (χ0v) is 32.1. The largest absolute Gasteiger partial charge is 0.455 e. The van der Waals surface area contributed by atoms with Crippen molar-refractivity contribution < 1.29 is 4.42 Å². The Morgan fingerprint density at radius 1 is 0.339 bits per heavy atom. The van der Waals surface area contributed by atoms with Gasteiger partial charge < -0.3 is 13.9 Å². The van der Waals surface area contributed by atoms with Gasteiger partial charge in [-0.2, -0.15) is 0 Å². The number of para-hydroxylation sites is 4. The first-order valence-electron chi connectivity index (χ1n) is 20.2. The summed E-state index contributed by atoms with van der Waals surface area (Å²) in [6.45, 7) is 0. The lowest BCUT2D eigenvalue weighted by molar-refractivity contribution is 0.674. The fourth-order valence-corrected chi connectivity index (χ4v) is 9.19. The van der Waals surface area contributed by atoms with Gasteiger partial charge in [-0.25, -0.2) is 0 Å². The predicted molar refractivity (Wildman–Crippen MR) is 249 cm³/mol. The van der Waals surface area contributed by atoms with E-state index >= 15 is 0 Å². The first-order chi connectivity index (χ1) is 29.3. The third kappa shape index (κ3) is 5.36. The number of aromatic nitrogens is 1. The molecule has 59 heavy (non-hydrogen) atoms. The number of hydrogen-bond acceptors (Lipinski definition) is 2. The fourth-order valence-electron chi connectivity index (χ4n) is 9.19. The van der Waals surface area contributed by atoms with Crippen LogP contribution in [0.1, 0.15) is 0 Å². The average molecular weight is 753 g/mol. The molecule has 12 aromatic rings. The van der Waals surface area contributed by atoms with Crippen molar-refractivity contribution in [3.8, 4) is 27.9 Å². The van der Waals surface area contributed by atoms with Crippen molar-refractivity contribution in [2.24, 2.45) is 0 Å². The van der Waals surface area contributed by atoms with Crippen molar-refractivity contribution in [2.75, 3.05) is 4.90 Å². The number of hydrogen-bond donors (Lipinski definition) is 0. The molecule has 3 heteroatoms. The molecule has 0 aliphatic rings. The minimum absolute atomic E-state index is 0.889. The second kappa shape index (κ2) is 13.4. The van der Waals surface area contributed by atoms with Gasteiger partial charge in [0.15, 0.2) is 0 Å². The summed E-state index contributed by atoms with van der Waals surface area (Å²) in [7, 11) is 0. The van der Waals surface area contributed by atoms with Crippen LogP contribution in [0.4, 0.5) is 17.1 Å². The van der Waals surface area contributed by atoms with Gasteiger partial charge in [-0.1, -0.05) is 152 Å². The molecule has 2 aromatic heterocycles. The molecular weight excluding hydrogens is 717 g/mol. The minimum Gasteiger partial charge on any atom is -0.455 e. The maximum absolute atomic E-state index is 6.90. The number of furan rings is 1. The Kier molecular flexibility index (Phi) is 7.54. The van der Waals surface area contributed by atoms with Crippen LogP contribution < -0.4 is 4.90 Å². The Bertz CT molecular complexity index is 3500. The molecule has 276 valence electrons. The molecule has 0 fully saturated rings. The van der Waals surface area contributed by atoms with E-state index in [2.05, 4.69) is 228 Å². The number of anilines is 3.